The fourth-order valence-electron chi connectivity index (χ4n) is 1.58. The summed E-state index contributed by atoms with van der Waals surface area (Å²) in [6.07, 6.45) is 3.32. The number of nitrogens with zero attached hydrogens (tertiary/aromatic N) is 2. The van der Waals surface area contributed by atoms with Gasteiger partial charge in [0, 0.05) is 6.20 Å². The molecule has 1 heterocycles. The Morgan fingerprint density at radius 3 is 2.74 bits per heavy atom. The number of hydrogen-bond acceptors (Lipinski definition) is 5. The van der Waals surface area contributed by atoms with Gasteiger partial charge < -0.3 is 4.74 Å². The lowest BCUT2D eigenvalue weighted by Gasteiger charge is -2.09. The zero-order valence-electron chi connectivity index (χ0n) is 12.1. The lowest BCUT2D eigenvalue weighted by Crippen LogP contribution is -2.12. The second-order valence-electron chi connectivity index (χ2n) is 4.48. The first kappa shape index (κ1) is 16.0. The smallest absolute Gasteiger partial charge is 0.341 e. The van der Waals surface area contributed by atoms with Crippen LogP contribution in [0, 0.1) is 0 Å². The van der Waals surface area contributed by atoms with Crippen molar-refractivity contribution in [3.63, 3.8) is 0 Å². The van der Waals surface area contributed by atoms with E-state index < -0.39 is 0 Å². The topological polar surface area (TPSA) is 52.1 Å². The van der Waals surface area contributed by atoms with Gasteiger partial charge in [0.15, 0.2) is 0 Å². The molecular weight excluding hydrogens is 260 g/mol. The molecule has 1 aromatic heterocycles. The van der Waals surface area contributed by atoms with E-state index in [2.05, 4.69) is 30.7 Å². The van der Waals surface area contributed by atoms with E-state index in [0.29, 0.717) is 17.4 Å². The van der Waals surface area contributed by atoms with Crippen molar-refractivity contribution in [2.75, 3.05) is 6.61 Å². The average molecular weight is 282 g/mol. The van der Waals surface area contributed by atoms with E-state index in [1.807, 2.05) is 0 Å². The molecule has 0 aliphatic carbocycles. The molecule has 0 aliphatic heterocycles. The highest BCUT2D eigenvalue weighted by molar-refractivity contribution is 7.99. The van der Waals surface area contributed by atoms with Crippen LogP contribution in [0.5, 0.6) is 0 Å². The standard InChI is InChI=1S/C14H22N2O2S/c1-5-7-12-11(14(17)18-6-2)8-15-13(16-12)9-19-10(3)4/h8,10H,5-7,9H2,1-4H3. The summed E-state index contributed by atoms with van der Waals surface area (Å²) in [6, 6.07) is 0. The molecule has 5 heteroatoms. The van der Waals surface area contributed by atoms with Crippen molar-refractivity contribution < 1.29 is 9.53 Å². The Morgan fingerprint density at radius 2 is 2.16 bits per heavy atom. The fourth-order valence-corrected chi connectivity index (χ4v) is 2.20. The molecule has 0 saturated heterocycles. The molecule has 1 rings (SSSR count). The predicted octanol–water partition coefficient (Wildman–Crippen LogP) is 3.25. The molecule has 0 bridgehead atoms. The van der Waals surface area contributed by atoms with Crippen molar-refractivity contribution in [3.05, 3.63) is 23.3 Å². The molecule has 0 aromatic carbocycles. The number of aromatic nitrogens is 2. The third-order valence-corrected chi connectivity index (χ3v) is 3.54. The number of hydrogen-bond donors (Lipinski definition) is 0. The summed E-state index contributed by atoms with van der Waals surface area (Å²) in [5.74, 6) is 1.24. The Morgan fingerprint density at radius 1 is 1.42 bits per heavy atom. The third-order valence-electron chi connectivity index (χ3n) is 2.45. The van der Waals surface area contributed by atoms with Crippen molar-refractivity contribution in [3.8, 4) is 0 Å². The number of ether oxygens (including phenoxy) is 1. The van der Waals surface area contributed by atoms with Crippen LogP contribution in [-0.2, 0) is 16.9 Å². The lowest BCUT2D eigenvalue weighted by atomic mass is 10.1. The lowest BCUT2D eigenvalue weighted by molar-refractivity contribution is 0.0524. The van der Waals surface area contributed by atoms with Gasteiger partial charge in [0.1, 0.15) is 5.82 Å². The number of esters is 1. The molecule has 0 fully saturated rings. The zero-order valence-corrected chi connectivity index (χ0v) is 12.9. The first-order valence-electron chi connectivity index (χ1n) is 6.72. The van der Waals surface area contributed by atoms with Crippen LogP contribution in [0.3, 0.4) is 0 Å². The van der Waals surface area contributed by atoms with E-state index in [9.17, 15) is 4.79 Å². The van der Waals surface area contributed by atoms with Gasteiger partial charge in [0.05, 0.1) is 23.6 Å². The van der Waals surface area contributed by atoms with Gasteiger partial charge in [-0.25, -0.2) is 14.8 Å². The molecule has 19 heavy (non-hydrogen) atoms. The van der Waals surface area contributed by atoms with Crippen molar-refractivity contribution >= 4 is 17.7 Å². The van der Waals surface area contributed by atoms with Crippen LogP contribution in [0.25, 0.3) is 0 Å². The quantitative estimate of drug-likeness (QED) is 0.719. The van der Waals surface area contributed by atoms with Crippen molar-refractivity contribution in [1.29, 1.82) is 0 Å². The SMILES string of the molecule is CCCc1nc(CSC(C)C)ncc1C(=O)OCC. The minimum Gasteiger partial charge on any atom is -0.462 e. The molecular formula is C14H22N2O2S. The average Bonchev–Trinajstić information content (AvgIpc) is 2.37. The van der Waals surface area contributed by atoms with Crippen LogP contribution < -0.4 is 0 Å². The molecule has 0 unspecified atom stereocenters. The van der Waals surface area contributed by atoms with E-state index in [1.165, 1.54) is 0 Å². The fraction of sp³-hybridized carbons (Fsp3) is 0.643. The Balaban J connectivity index is 2.90. The first-order valence-corrected chi connectivity index (χ1v) is 7.76. The number of thioether (sulfide) groups is 1. The van der Waals surface area contributed by atoms with Crippen molar-refractivity contribution in [1.82, 2.24) is 9.97 Å². The highest BCUT2D eigenvalue weighted by atomic mass is 32.2. The van der Waals surface area contributed by atoms with Crippen molar-refractivity contribution in [2.45, 2.75) is 51.5 Å². The van der Waals surface area contributed by atoms with E-state index in [0.717, 1.165) is 30.1 Å². The van der Waals surface area contributed by atoms with Crippen LogP contribution in [0.4, 0.5) is 0 Å². The maximum Gasteiger partial charge on any atom is 0.341 e. The van der Waals surface area contributed by atoms with Gasteiger partial charge in [-0.1, -0.05) is 27.2 Å². The number of carbonyl (C=O) groups excluding carboxylic acids is 1. The molecule has 0 atom stereocenters. The largest absolute Gasteiger partial charge is 0.462 e. The Kier molecular flexibility index (Phi) is 6.84. The Hall–Kier alpha value is -1.10. The Labute approximate surface area is 119 Å². The van der Waals surface area contributed by atoms with Gasteiger partial charge in [-0.3, -0.25) is 0 Å². The maximum atomic E-state index is 11.8. The van der Waals surface area contributed by atoms with Gasteiger partial charge in [-0.05, 0) is 18.6 Å². The van der Waals surface area contributed by atoms with Gasteiger partial charge in [0.25, 0.3) is 0 Å². The summed E-state index contributed by atoms with van der Waals surface area (Å²) in [5.41, 5.74) is 1.30. The summed E-state index contributed by atoms with van der Waals surface area (Å²) in [6.45, 7) is 8.52. The van der Waals surface area contributed by atoms with E-state index >= 15 is 0 Å². The molecule has 0 N–H and O–H groups in total. The summed E-state index contributed by atoms with van der Waals surface area (Å²) in [5, 5.41) is 0.544. The molecule has 0 aliphatic rings. The molecule has 0 spiro atoms. The van der Waals surface area contributed by atoms with E-state index in [4.69, 9.17) is 4.74 Å². The second kappa shape index (κ2) is 8.15. The zero-order chi connectivity index (χ0) is 14.3. The minimum absolute atomic E-state index is 0.325. The monoisotopic (exact) mass is 282 g/mol. The summed E-state index contributed by atoms with van der Waals surface area (Å²) in [4.78, 5) is 20.6. The molecule has 0 amide bonds. The molecule has 1 aromatic rings. The Bertz CT molecular complexity index is 422. The van der Waals surface area contributed by atoms with Crippen LogP contribution >= 0.6 is 11.8 Å². The maximum absolute atomic E-state index is 11.8. The second-order valence-corrected chi connectivity index (χ2v) is 6.04. The molecule has 106 valence electrons. The van der Waals surface area contributed by atoms with Gasteiger partial charge >= 0.3 is 5.97 Å². The van der Waals surface area contributed by atoms with E-state index in [1.54, 1.807) is 24.9 Å². The molecule has 0 saturated carbocycles. The predicted molar refractivity (Wildman–Crippen MR) is 78.4 cm³/mol. The van der Waals surface area contributed by atoms with Crippen LogP contribution in [-0.4, -0.2) is 27.8 Å². The van der Waals surface area contributed by atoms with Crippen LogP contribution in [0.2, 0.25) is 0 Å². The summed E-state index contributed by atoms with van der Waals surface area (Å²) in [7, 11) is 0. The van der Waals surface area contributed by atoms with Gasteiger partial charge in [-0.15, -0.1) is 0 Å². The van der Waals surface area contributed by atoms with Crippen LogP contribution in [0.15, 0.2) is 6.20 Å². The highest BCUT2D eigenvalue weighted by Gasteiger charge is 2.15. The molecule has 4 nitrogen and oxygen atoms in total. The summed E-state index contributed by atoms with van der Waals surface area (Å²) < 4.78 is 5.03. The molecule has 0 radical (unpaired) electrons. The third kappa shape index (κ3) is 5.19. The minimum atomic E-state index is -0.325. The number of carbonyl (C=O) groups is 1. The first-order chi connectivity index (χ1) is 9.08. The van der Waals surface area contributed by atoms with Crippen molar-refractivity contribution in [2.24, 2.45) is 0 Å². The number of rotatable bonds is 7. The summed E-state index contributed by atoms with van der Waals surface area (Å²) >= 11 is 1.79. The number of aryl methyl sites for hydroxylation is 1. The highest BCUT2D eigenvalue weighted by Crippen LogP contribution is 2.16. The van der Waals surface area contributed by atoms with Gasteiger partial charge in [0.2, 0.25) is 0 Å². The van der Waals surface area contributed by atoms with Crippen LogP contribution in [0.1, 0.15) is 56.0 Å². The normalized spacial score (nSPS) is 10.8. The van der Waals surface area contributed by atoms with E-state index in [-0.39, 0.29) is 5.97 Å². The van der Waals surface area contributed by atoms with Gasteiger partial charge in [-0.2, -0.15) is 11.8 Å².